The van der Waals surface area contributed by atoms with Crippen LogP contribution >= 0.6 is 0 Å². The molecule has 0 aliphatic rings. The van der Waals surface area contributed by atoms with Gasteiger partial charge in [0.05, 0.1) is 12.6 Å². The second kappa shape index (κ2) is 10.9. The molecule has 0 aromatic heterocycles. The molecule has 0 aromatic rings. The first-order chi connectivity index (χ1) is 7.91. The van der Waals surface area contributed by atoms with Crippen LogP contribution in [0.2, 0.25) is 0 Å². The molecule has 110 valence electrons. The molecular formula is C6H13NaO11S. The zero-order chi connectivity index (χ0) is 15.1. The van der Waals surface area contributed by atoms with Gasteiger partial charge in [-0.25, -0.2) is 0 Å². The van der Waals surface area contributed by atoms with Crippen molar-refractivity contribution in [2.45, 2.75) is 24.4 Å². The molecule has 7 N–H and O–H groups in total. The third-order valence-electron chi connectivity index (χ3n) is 1.50. The van der Waals surface area contributed by atoms with Crippen LogP contribution in [0.5, 0.6) is 0 Å². The third-order valence-corrected chi connectivity index (χ3v) is 1.50. The van der Waals surface area contributed by atoms with Crippen molar-refractivity contribution in [2.75, 3.05) is 6.61 Å². The fourth-order valence-electron chi connectivity index (χ4n) is 0.662. The van der Waals surface area contributed by atoms with Crippen LogP contribution in [-0.2, 0) is 15.2 Å². The normalized spacial score (nSPS) is 17.0. The summed E-state index contributed by atoms with van der Waals surface area (Å²) in [5, 5.41) is 53.4. The molecule has 0 heterocycles. The van der Waals surface area contributed by atoms with Crippen molar-refractivity contribution in [3.05, 3.63) is 0 Å². The summed E-state index contributed by atoms with van der Waals surface area (Å²) in [5.74, 6) is -1.98. The van der Waals surface area contributed by atoms with E-state index >= 15 is 0 Å². The Kier molecular flexibility index (Phi) is 13.8. The van der Waals surface area contributed by atoms with Crippen molar-refractivity contribution in [2.24, 2.45) is 0 Å². The van der Waals surface area contributed by atoms with Crippen LogP contribution in [0.25, 0.3) is 0 Å². The van der Waals surface area contributed by atoms with Crippen molar-refractivity contribution >= 4 is 16.4 Å². The maximum Gasteiger partial charge on any atom is 1.00 e. The standard InChI is InChI=1S/C6H12O7.Na.H2O4S/c7-1-2(8)3(9)4(10)5(11)6(12)13;;1-5(2,3)4/h2-5,7-11H,1H2,(H,12,13);;(H2,1,2,3,4)/q;+1;/p-1/t2-,3-,4+,5-;;/m1../s1. The van der Waals surface area contributed by atoms with E-state index in [1.807, 2.05) is 0 Å². The number of hydrogen-bond acceptors (Lipinski definition) is 9. The SMILES string of the molecule is O=C([O-])[C@H](O)[C@@H](O)[C@H](O)[C@H](O)CO.O=S(=O)(O)O.[Na+]. The average Bonchev–Trinajstić information content (AvgIpc) is 2.22. The number of rotatable bonds is 5. The first-order valence-electron chi connectivity index (χ1n) is 4.15. The summed E-state index contributed by atoms with van der Waals surface area (Å²) < 4.78 is 31.6. The Morgan fingerprint density at radius 3 is 1.58 bits per heavy atom. The summed E-state index contributed by atoms with van der Waals surface area (Å²) >= 11 is 0. The van der Waals surface area contributed by atoms with Crippen LogP contribution < -0.4 is 34.7 Å². The minimum Gasteiger partial charge on any atom is -0.547 e. The van der Waals surface area contributed by atoms with E-state index in [0.717, 1.165) is 0 Å². The number of carboxylic acid groups (broad SMARTS) is 1. The summed E-state index contributed by atoms with van der Waals surface area (Å²) in [5.41, 5.74) is 0. The van der Waals surface area contributed by atoms with Gasteiger partial charge in [-0.2, -0.15) is 8.42 Å². The number of aliphatic carboxylic acids is 1. The summed E-state index contributed by atoms with van der Waals surface area (Å²) in [6.45, 7) is -0.863. The maximum absolute atomic E-state index is 9.98. The summed E-state index contributed by atoms with van der Waals surface area (Å²) in [4.78, 5) is 9.98. The van der Waals surface area contributed by atoms with Gasteiger partial charge in [0.1, 0.15) is 24.4 Å². The summed E-state index contributed by atoms with van der Waals surface area (Å²) in [6.07, 6.45) is -8.08. The molecule has 0 aliphatic heterocycles. The molecule has 0 aromatic carbocycles. The van der Waals surface area contributed by atoms with Crippen molar-refractivity contribution in [3.63, 3.8) is 0 Å². The minimum atomic E-state index is -4.67. The summed E-state index contributed by atoms with van der Waals surface area (Å²) in [6, 6.07) is 0. The van der Waals surface area contributed by atoms with Gasteiger partial charge in [0.15, 0.2) is 0 Å². The number of aliphatic hydroxyl groups is 5. The molecule has 0 aliphatic carbocycles. The maximum atomic E-state index is 9.98. The van der Waals surface area contributed by atoms with E-state index in [1.54, 1.807) is 0 Å². The second-order valence-electron chi connectivity index (χ2n) is 2.94. The molecule has 13 heteroatoms. The van der Waals surface area contributed by atoms with Gasteiger partial charge in [-0.05, 0) is 0 Å². The van der Waals surface area contributed by atoms with E-state index < -0.39 is 47.4 Å². The number of carbonyl (C=O) groups is 1. The van der Waals surface area contributed by atoms with Crippen LogP contribution in [0.4, 0.5) is 0 Å². The second-order valence-corrected chi connectivity index (χ2v) is 3.84. The fraction of sp³-hybridized carbons (Fsp3) is 0.833. The first-order valence-corrected chi connectivity index (χ1v) is 5.55. The van der Waals surface area contributed by atoms with Gasteiger partial charge in [-0.15, -0.1) is 0 Å². The van der Waals surface area contributed by atoms with Crippen molar-refractivity contribution in [1.82, 2.24) is 0 Å². The van der Waals surface area contributed by atoms with E-state index in [4.69, 9.17) is 43.1 Å². The molecule has 0 rings (SSSR count). The zero-order valence-corrected chi connectivity index (χ0v) is 12.5. The Morgan fingerprint density at radius 2 is 1.37 bits per heavy atom. The van der Waals surface area contributed by atoms with E-state index in [2.05, 4.69) is 0 Å². The Morgan fingerprint density at radius 1 is 1.05 bits per heavy atom. The molecule has 0 saturated heterocycles. The van der Waals surface area contributed by atoms with Gasteiger partial charge >= 0.3 is 40.0 Å². The molecular weight excluding hydrogens is 303 g/mol. The Bertz CT molecular complexity index is 335. The van der Waals surface area contributed by atoms with Crippen molar-refractivity contribution < 1.29 is 82.5 Å². The molecule has 0 bridgehead atoms. The molecule has 0 amide bonds. The Labute approximate surface area is 130 Å². The fourth-order valence-corrected chi connectivity index (χ4v) is 0.662. The molecule has 19 heavy (non-hydrogen) atoms. The van der Waals surface area contributed by atoms with E-state index in [-0.39, 0.29) is 29.6 Å². The third kappa shape index (κ3) is 14.4. The van der Waals surface area contributed by atoms with Crippen LogP contribution in [0.3, 0.4) is 0 Å². The van der Waals surface area contributed by atoms with Gasteiger partial charge in [0.2, 0.25) is 0 Å². The molecule has 0 radical (unpaired) electrons. The van der Waals surface area contributed by atoms with Crippen LogP contribution in [0.15, 0.2) is 0 Å². The van der Waals surface area contributed by atoms with Gasteiger partial charge in [-0.1, -0.05) is 0 Å². The van der Waals surface area contributed by atoms with Gasteiger partial charge in [-0.3, -0.25) is 9.11 Å². The number of aliphatic hydroxyl groups excluding tert-OH is 5. The molecule has 0 fully saturated rings. The van der Waals surface area contributed by atoms with E-state index in [0.29, 0.717) is 0 Å². The Balaban J connectivity index is -0.000000366. The summed E-state index contributed by atoms with van der Waals surface area (Å²) in [7, 11) is -4.67. The van der Waals surface area contributed by atoms with Crippen molar-refractivity contribution in [3.8, 4) is 0 Å². The molecule has 11 nitrogen and oxygen atoms in total. The van der Waals surface area contributed by atoms with Crippen LogP contribution in [-0.4, -0.2) is 80.0 Å². The minimum absolute atomic E-state index is 0. The zero-order valence-electron chi connectivity index (χ0n) is 9.69. The topological polar surface area (TPSA) is 216 Å². The number of hydrogen-bond donors (Lipinski definition) is 7. The Hall–Kier alpha value is 0.140. The van der Waals surface area contributed by atoms with Gasteiger partial charge in [0, 0.05) is 0 Å². The smallest absolute Gasteiger partial charge is 0.547 e. The van der Waals surface area contributed by atoms with Crippen LogP contribution in [0.1, 0.15) is 0 Å². The quantitative estimate of drug-likeness (QED) is 0.186. The largest absolute Gasteiger partial charge is 1.00 e. The first kappa shape index (κ1) is 24.2. The molecule has 0 unspecified atom stereocenters. The predicted octanol–water partition coefficient (Wildman–Crippen LogP) is -8.48. The van der Waals surface area contributed by atoms with Crippen molar-refractivity contribution in [1.29, 1.82) is 0 Å². The van der Waals surface area contributed by atoms with E-state index in [9.17, 15) is 9.90 Å². The number of carboxylic acids is 1. The predicted molar refractivity (Wildman–Crippen MR) is 50.3 cm³/mol. The van der Waals surface area contributed by atoms with E-state index in [1.165, 1.54) is 0 Å². The molecule has 0 spiro atoms. The average molecular weight is 316 g/mol. The number of carbonyl (C=O) groups excluding carboxylic acids is 1. The molecule has 4 atom stereocenters. The van der Waals surface area contributed by atoms with Crippen LogP contribution in [0, 0.1) is 0 Å². The van der Waals surface area contributed by atoms with Gasteiger partial charge < -0.3 is 35.4 Å². The monoisotopic (exact) mass is 316 g/mol. The molecule has 0 saturated carbocycles. The van der Waals surface area contributed by atoms with Gasteiger partial charge in [0.25, 0.3) is 0 Å².